The second kappa shape index (κ2) is 6.70. The minimum atomic E-state index is 0.767. The molecule has 4 aromatic carbocycles. The Balaban J connectivity index is 1.65. The highest BCUT2D eigenvalue weighted by Crippen LogP contribution is 2.41. The molecule has 0 aliphatic heterocycles. The van der Waals surface area contributed by atoms with Crippen molar-refractivity contribution in [1.29, 1.82) is 0 Å². The number of nitrogens with zero attached hydrogens (tertiary/aromatic N) is 4. The third kappa shape index (κ3) is 2.46. The van der Waals surface area contributed by atoms with Crippen LogP contribution < -0.4 is 0 Å². The quantitative estimate of drug-likeness (QED) is 0.298. The van der Waals surface area contributed by atoms with E-state index in [0.717, 1.165) is 39.1 Å². The summed E-state index contributed by atoms with van der Waals surface area (Å²) in [6, 6.07) is 33.4. The molecule has 0 atom stereocenters. The van der Waals surface area contributed by atoms with Gasteiger partial charge in [-0.05, 0) is 30.3 Å². The van der Waals surface area contributed by atoms with Gasteiger partial charge in [-0.2, -0.15) is 0 Å². The molecule has 0 N–H and O–H groups in total. The van der Waals surface area contributed by atoms with Crippen LogP contribution in [0.3, 0.4) is 0 Å². The van der Waals surface area contributed by atoms with Gasteiger partial charge in [0, 0.05) is 36.8 Å². The zero-order chi connectivity index (χ0) is 21.1. The number of hydrogen-bond acceptors (Lipinski definition) is 4. The topological polar surface area (TPSA) is 43.6 Å². The van der Waals surface area contributed by atoms with Gasteiger partial charge in [0.2, 0.25) is 0 Å². The molecule has 0 saturated carbocycles. The number of fused-ring (bicyclic) bond motifs is 6. The minimum absolute atomic E-state index is 0.767. The van der Waals surface area contributed by atoms with Crippen LogP contribution in [0.25, 0.3) is 59.3 Å². The first-order chi connectivity index (χ1) is 15.9. The number of hydrogen-bond donors (Lipinski definition) is 0. The van der Waals surface area contributed by atoms with E-state index < -0.39 is 0 Å². The van der Waals surface area contributed by atoms with Crippen LogP contribution >= 0.6 is 11.3 Å². The van der Waals surface area contributed by atoms with Crippen LogP contribution in [-0.4, -0.2) is 19.7 Å². The molecule has 0 aliphatic carbocycles. The number of benzene rings is 4. The van der Waals surface area contributed by atoms with E-state index in [4.69, 9.17) is 4.98 Å². The van der Waals surface area contributed by atoms with E-state index >= 15 is 0 Å². The van der Waals surface area contributed by atoms with E-state index in [-0.39, 0.29) is 0 Å². The lowest BCUT2D eigenvalue weighted by Gasteiger charge is -2.09. The van der Waals surface area contributed by atoms with Crippen molar-refractivity contribution in [2.45, 2.75) is 0 Å². The third-order valence-electron chi connectivity index (χ3n) is 5.92. The van der Waals surface area contributed by atoms with E-state index in [2.05, 4.69) is 75.4 Å². The van der Waals surface area contributed by atoms with Gasteiger partial charge < -0.3 is 0 Å². The van der Waals surface area contributed by atoms with Crippen molar-refractivity contribution in [2.24, 2.45) is 0 Å². The van der Waals surface area contributed by atoms with Crippen molar-refractivity contribution in [3.05, 3.63) is 97.1 Å². The number of aromatic nitrogens is 4. The Hall–Kier alpha value is -4.09. The monoisotopic (exact) mass is 428 g/mol. The second-order valence-electron chi connectivity index (χ2n) is 7.78. The average Bonchev–Trinajstić information content (AvgIpc) is 3.43. The minimum Gasteiger partial charge on any atom is -0.275 e. The molecule has 3 heterocycles. The highest BCUT2D eigenvalue weighted by molar-refractivity contribution is 7.26. The Kier molecular flexibility index (Phi) is 3.68. The maximum atomic E-state index is 5.17. The fourth-order valence-corrected chi connectivity index (χ4v) is 5.68. The van der Waals surface area contributed by atoms with Crippen molar-refractivity contribution in [2.75, 3.05) is 0 Å². The molecule has 0 fully saturated rings. The molecular formula is C27H16N4S. The highest BCUT2D eigenvalue weighted by Gasteiger charge is 2.20. The van der Waals surface area contributed by atoms with Crippen molar-refractivity contribution in [1.82, 2.24) is 19.7 Å². The Labute approximate surface area is 187 Å². The Morgan fingerprint density at radius 3 is 2.28 bits per heavy atom. The summed E-state index contributed by atoms with van der Waals surface area (Å²) in [5.41, 5.74) is 4.61. The van der Waals surface area contributed by atoms with Crippen molar-refractivity contribution in [3.8, 4) is 17.1 Å². The summed E-state index contributed by atoms with van der Waals surface area (Å²) >= 11 is 1.81. The van der Waals surface area contributed by atoms with E-state index in [1.807, 2.05) is 47.7 Å². The van der Waals surface area contributed by atoms with Crippen molar-refractivity contribution < 1.29 is 0 Å². The summed E-state index contributed by atoms with van der Waals surface area (Å²) in [7, 11) is 0. The zero-order valence-electron chi connectivity index (χ0n) is 16.9. The molecule has 3 aromatic heterocycles. The lowest BCUT2D eigenvalue weighted by atomic mass is 10.1. The number of para-hydroxylation sites is 1. The summed E-state index contributed by atoms with van der Waals surface area (Å²) in [5, 5.41) is 12.6. The predicted octanol–water partition coefficient (Wildman–Crippen LogP) is 7.00. The zero-order valence-corrected chi connectivity index (χ0v) is 17.8. The predicted molar refractivity (Wildman–Crippen MR) is 132 cm³/mol. The van der Waals surface area contributed by atoms with Gasteiger partial charge in [-0.3, -0.25) is 4.57 Å². The molecule has 0 radical (unpaired) electrons. The smallest absolute Gasteiger partial charge is 0.188 e. The van der Waals surface area contributed by atoms with Crippen LogP contribution in [0.2, 0.25) is 0 Å². The summed E-state index contributed by atoms with van der Waals surface area (Å²) in [5.74, 6) is 0.883. The summed E-state index contributed by atoms with van der Waals surface area (Å²) in [6.45, 7) is 0. The molecule has 7 rings (SSSR count). The molecule has 0 spiro atoms. The molecule has 0 unspecified atom stereocenters. The Morgan fingerprint density at radius 2 is 1.38 bits per heavy atom. The standard InChI is InChI=1S/C27H16N4S/c1-2-9-17(10-3-1)31-26(28-24-20-12-4-6-15-22(20)29-30-27(24)31)21-14-8-13-19-18-11-5-7-16-23(18)32-25(19)21/h1-16H. The van der Waals surface area contributed by atoms with Gasteiger partial charge in [-0.25, -0.2) is 4.98 Å². The van der Waals surface area contributed by atoms with Gasteiger partial charge >= 0.3 is 0 Å². The van der Waals surface area contributed by atoms with Crippen molar-refractivity contribution >= 4 is 53.6 Å². The van der Waals surface area contributed by atoms with Gasteiger partial charge in [0.25, 0.3) is 0 Å². The van der Waals surface area contributed by atoms with Crippen LogP contribution in [0, 0.1) is 0 Å². The maximum Gasteiger partial charge on any atom is 0.188 e. The fourth-order valence-electron chi connectivity index (χ4n) is 4.47. The fraction of sp³-hybridized carbons (Fsp3) is 0. The van der Waals surface area contributed by atoms with E-state index in [1.165, 1.54) is 20.2 Å². The lowest BCUT2D eigenvalue weighted by Crippen LogP contribution is -1.99. The second-order valence-corrected chi connectivity index (χ2v) is 8.83. The summed E-state index contributed by atoms with van der Waals surface area (Å²) in [6.07, 6.45) is 0. The largest absolute Gasteiger partial charge is 0.275 e. The molecule has 150 valence electrons. The number of imidazole rings is 1. The molecule has 0 amide bonds. The van der Waals surface area contributed by atoms with Gasteiger partial charge in [0.05, 0.1) is 5.52 Å². The summed E-state index contributed by atoms with van der Waals surface area (Å²) in [4.78, 5) is 5.17. The highest BCUT2D eigenvalue weighted by atomic mass is 32.1. The Morgan fingerprint density at radius 1 is 0.625 bits per heavy atom. The first-order valence-electron chi connectivity index (χ1n) is 10.5. The van der Waals surface area contributed by atoms with E-state index in [9.17, 15) is 0 Å². The third-order valence-corrected chi connectivity index (χ3v) is 7.14. The molecule has 7 aromatic rings. The Bertz CT molecular complexity index is 1780. The number of rotatable bonds is 2. The first-order valence-corrected chi connectivity index (χ1v) is 11.3. The first kappa shape index (κ1) is 17.6. The van der Waals surface area contributed by atoms with Gasteiger partial charge in [-0.1, -0.05) is 66.7 Å². The molecule has 0 bridgehead atoms. The average molecular weight is 429 g/mol. The molecule has 4 nitrogen and oxygen atoms in total. The maximum absolute atomic E-state index is 5.17. The van der Waals surface area contributed by atoms with Gasteiger partial charge in [0.15, 0.2) is 5.65 Å². The normalized spacial score (nSPS) is 11.8. The van der Waals surface area contributed by atoms with Crippen molar-refractivity contribution in [3.63, 3.8) is 0 Å². The van der Waals surface area contributed by atoms with Crippen LogP contribution in [0.15, 0.2) is 97.1 Å². The SMILES string of the molecule is c1ccc(-n2c(-c3cccc4c3sc3ccccc34)nc3c4ccccc4nnc32)cc1. The molecule has 5 heteroatoms. The van der Waals surface area contributed by atoms with Crippen LogP contribution in [0.5, 0.6) is 0 Å². The van der Waals surface area contributed by atoms with Gasteiger partial charge in [0.1, 0.15) is 11.3 Å². The molecular weight excluding hydrogens is 412 g/mol. The molecule has 0 saturated heterocycles. The van der Waals surface area contributed by atoms with Crippen LogP contribution in [0.4, 0.5) is 0 Å². The molecule has 0 aliphatic rings. The lowest BCUT2D eigenvalue weighted by molar-refractivity contribution is 1.03. The molecule has 32 heavy (non-hydrogen) atoms. The summed E-state index contributed by atoms with van der Waals surface area (Å²) < 4.78 is 4.65. The van der Waals surface area contributed by atoms with E-state index in [1.54, 1.807) is 0 Å². The van der Waals surface area contributed by atoms with Gasteiger partial charge in [-0.15, -0.1) is 21.5 Å². The van der Waals surface area contributed by atoms with Crippen LogP contribution in [0.1, 0.15) is 0 Å². The van der Waals surface area contributed by atoms with Crippen LogP contribution in [-0.2, 0) is 0 Å². The number of thiophene rings is 1. The van der Waals surface area contributed by atoms with E-state index in [0.29, 0.717) is 0 Å².